The summed E-state index contributed by atoms with van der Waals surface area (Å²) in [7, 11) is 2.24. The molecule has 1 heterocycles. The van der Waals surface area contributed by atoms with E-state index in [2.05, 4.69) is 87.2 Å². The topological polar surface area (TPSA) is 8.81 Å². The Morgan fingerprint density at radius 3 is 2.33 bits per heavy atom. The normalized spacial score (nSPS) is 15.8. The van der Waals surface area contributed by atoms with E-state index >= 15 is 0 Å². The Bertz CT molecular complexity index is 995. The van der Waals surface area contributed by atoms with Crippen molar-refractivity contribution >= 4 is 11.0 Å². The summed E-state index contributed by atoms with van der Waals surface area (Å²) in [5.41, 5.74) is 8.36. The number of benzene rings is 2. The lowest BCUT2D eigenvalue weighted by Gasteiger charge is -2.20. The third kappa shape index (κ3) is 3.09. The van der Waals surface area contributed by atoms with Crippen molar-refractivity contribution in [1.29, 1.82) is 0 Å². The molecule has 1 saturated carbocycles. The van der Waals surface area contributed by atoms with E-state index in [1.807, 2.05) is 0 Å². The molecule has 27 heavy (non-hydrogen) atoms. The molecule has 2 nitrogen and oxygen atoms in total. The smallest absolute Gasteiger partial charge is 0.226 e. The molecule has 0 radical (unpaired) electrons. The molecule has 2 heteroatoms. The maximum absolute atomic E-state index is 2.66. The van der Waals surface area contributed by atoms with Crippen molar-refractivity contribution in [1.82, 2.24) is 4.57 Å². The quantitative estimate of drug-likeness (QED) is 0.483. The van der Waals surface area contributed by atoms with Gasteiger partial charge in [0.25, 0.3) is 5.82 Å². The maximum Gasteiger partial charge on any atom is 0.290 e. The minimum Gasteiger partial charge on any atom is -0.226 e. The molecule has 0 atom stereocenters. The number of aryl methyl sites for hydroxylation is 3. The number of rotatable bonds is 2. The minimum absolute atomic E-state index is 0.155. The predicted molar refractivity (Wildman–Crippen MR) is 114 cm³/mol. The summed E-state index contributed by atoms with van der Waals surface area (Å²) in [6, 6.07) is 14.6. The summed E-state index contributed by atoms with van der Waals surface area (Å²) < 4.78 is 5.08. The van der Waals surface area contributed by atoms with Gasteiger partial charge in [-0.2, -0.15) is 0 Å². The fourth-order valence-electron chi connectivity index (χ4n) is 4.67. The first-order chi connectivity index (χ1) is 12.8. The van der Waals surface area contributed by atoms with Gasteiger partial charge in [-0.1, -0.05) is 39.0 Å². The zero-order chi connectivity index (χ0) is 19.3. The number of hydrogen-bond donors (Lipinski definition) is 0. The van der Waals surface area contributed by atoms with Gasteiger partial charge in [-0.25, -0.2) is 9.13 Å². The molecular formula is C25H33N2+. The third-order valence-electron chi connectivity index (χ3n) is 6.33. The lowest BCUT2D eigenvalue weighted by atomic mass is 9.85. The van der Waals surface area contributed by atoms with Crippen LogP contribution in [-0.4, -0.2) is 4.57 Å². The number of imidazole rings is 1. The van der Waals surface area contributed by atoms with E-state index in [4.69, 9.17) is 0 Å². The van der Waals surface area contributed by atoms with Crippen LogP contribution in [0.1, 0.15) is 69.2 Å². The van der Waals surface area contributed by atoms with E-state index < -0.39 is 0 Å². The number of hydrogen-bond acceptors (Lipinski definition) is 0. The van der Waals surface area contributed by atoms with Crippen molar-refractivity contribution in [3.05, 3.63) is 53.1 Å². The maximum atomic E-state index is 2.66. The molecule has 0 amide bonds. The van der Waals surface area contributed by atoms with Crippen LogP contribution in [0, 0.1) is 13.8 Å². The van der Waals surface area contributed by atoms with Gasteiger partial charge < -0.3 is 0 Å². The highest BCUT2D eigenvalue weighted by atomic mass is 15.2. The van der Waals surface area contributed by atoms with Gasteiger partial charge in [0.05, 0.1) is 12.6 Å². The zero-order valence-electron chi connectivity index (χ0n) is 17.8. The van der Waals surface area contributed by atoms with Gasteiger partial charge in [0.2, 0.25) is 0 Å². The van der Waals surface area contributed by atoms with E-state index in [0.29, 0.717) is 6.04 Å². The SMILES string of the molecule is Cc1ccc2c(c1)n(C1CCCC1)c(-c1cc(C(C)(C)C)ccc1C)[n+]2C. The Balaban J connectivity index is 2.05. The van der Waals surface area contributed by atoms with Crippen molar-refractivity contribution < 1.29 is 4.57 Å². The van der Waals surface area contributed by atoms with Gasteiger partial charge in [0.15, 0.2) is 11.0 Å². The van der Waals surface area contributed by atoms with Crippen molar-refractivity contribution in [3.63, 3.8) is 0 Å². The van der Waals surface area contributed by atoms with Crippen LogP contribution in [-0.2, 0) is 12.5 Å². The van der Waals surface area contributed by atoms with Crippen LogP contribution < -0.4 is 4.57 Å². The first-order valence-corrected chi connectivity index (χ1v) is 10.4. The zero-order valence-corrected chi connectivity index (χ0v) is 17.8. The first-order valence-electron chi connectivity index (χ1n) is 10.4. The van der Waals surface area contributed by atoms with Crippen LogP contribution in [0.5, 0.6) is 0 Å². The Kier molecular flexibility index (Phi) is 4.41. The Labute approximate surface area is 163 Å². The molecule has 0 bridgehead atoms. The Morgan fingerprint density at radius 1 is 0.963 bits per heavy atom. The average Bonchev–Trinajstić information content (AvgIpc) is 3.21. The second-order valence-corrected chi connectivity index (χ2v) is 9.46. The van der Waals surface area contributed by atoms with Crippen LogP contribution >= 0.6 is 0 Å². The minimum atomic E-state index is 0.155. The molecule has 0 aliphatic heterocycles. The fourth-order valence-corrected chi connectivity index (χ4v) is 4.67. The van der Waals surface area contributed by atoms with Crippen LogP contribution in [0.15, 0.2) is 36.4 Å². The second-order valence-electron chi connectivity index (χ2n) is 9.46. The van der Waals surface area contributed by atoms with Crippen molar-refractivity contribution in [2.24, 2.45) is 7.05 Å². The Hall–Kier alpha value is -2.09. The van der Waals surface area contributed by atoms with E-state index in [-0.39, 0.29) is 5.41 Å². The summed E-state index contributed by atoms with van der Waals surface area (Å²) in [5, 5.41) is 0. The molecule has 1 aliphatic carbocycles. The number of nitrogens with zero attached hydrogens (tertiary/aromatic N) is 2. The fraction of sp³-hybridized carbons (Fsp3) is 0.480. The van der Waals surface area contributed by atoms with Gasteiger partial charge in [-0.15, -0.1) is 0 Å². The molecule has 0 N–H and O–H groups in total. The third-order valence-corrected chi connectivity index (χ3v) is 6.33. The van der Waals surface area contributed by atoms with Crippen LogP contribution in [0.2, 0.25) is 0 Å². The highest BCUT2D eigenvalue weighted by Gasteiger charge is 2.33. The van der Waals surface area contributed by atoms with Gasteiger partial charge in [-0.3, -0.25) is 0 Å². The molecule has 1 aromatic heterocycles. The Morgan fingerprint density at radius 2 is 1.67 bits per heavy atom. The van der Waals surface area contributed by atoms with Crippen LogP contribution in [0.3, 0.4) is 0 Å². The highest BCUT2D eigenvalue weighted by Crippen LogP contribution is 2.38. The molecule has 3 aromatic rings. The van der Waals surface area contributed by atoms with Crippen molar-refractivity contribution in [3.8, 4) is 11.4 Å². The molecule has 0 unspecified atom stereocenters. The predicted octanol–water partition coefficient (Wildman–Crippen LogP) is 6.16. The van der Waals surface area contributed by atoms with Gasteiger partial charge >= 0.3 is 0 Å². The van der Waals surface area contributed by atoms with E-state index in [0.717, 1.165) is 0 Å². The molecule has 1 fully saturated rings. The second kappa shape index (κ2) is 6.51. The molecule has 0 spiro atoms. The molecule has 2 aromatic carbocycles. The highest BCUT2D eigenvalue weighted by molar-refractivity contribution is 5.78. The molecule has 0 saturated heterocycles. The summed E-state index contributed by atoms with van der Waals surface area (Å²) >= 11 is 0. The number of fused-ring (bicyclic) bond motifs is 1. The van der Waals surface area contributed by atoms with Crippen LogP contribution in [0.25, 0.3) is 22.4 Å². The average molecular weight is 362 g/mol. The summed E-state index contributed by atoms with van der Waals surface area (Å²) in [6.45, 7) is 11.4. The lowest BCUT2D eigenvalue weighted by molar-refractivity contribution is -0.634. The van der Waals surface area contributed by atoms with Gasteiger partial charge in [-0.05, 0) is 79.8 Å². The van der Waals surface area contributed by atoms with Crippen molar-refractivity contribution in [2.75, 3.05) is 0 Å². The molecule has 142 valence electrons. The summed E-state index contributed by atoms with van der Waals surface area (Å²) in [6.07, 6.45) is 5.28. The first kappa shape index (κ1) is 18.3. The van der Waals surface area contributed by atoms with E-state index in [1.165, 1.54) is 64.8 Å². The molecular weight excluding hydrogens is 328 g/mol. The largest absolute Gasteiger partial charge is 0.290 e. The molecule has 4 rings (SSSR count). The summed E-state index contributed by atoms with van der Waals surface area (Å²) in [5.74, 6) is 1.37. The van der Waals surface area contributed by atoms with Gasteiger partial charge in [0, 0.05) is 0 Å². The van der Waals surface area contributed by atoms with E-state index in [9.17, 15) is 0 Å². The van der Waals surface area contributed by atoms with E-state index in [1.54, 1.807) is 0 Å². The molecule has 1 aliphatic rings. The summed E-state index contributed by atoms with van der Waals surface area (Å²) in [4.78, 5) is 0. The number of aromatic nitrogens is 2. The monoisotopic (exact) mass is 361 g/mol. The van der Waals surface area contributed by atoms with Crippen molar-refractivity contribution in [2.45, 2.75) is 71.8 Å². The lowest BCUT2D eigenvalue weighted by Crippen LogP contribution is -2.31. The van der Waals surface area contributed by atoms with Crippen LogP contribution in [0.4, 0.5) is 0 Å². The van der Waals surface area contributed by atoms with Gasteiger partial charge in [0.1, 0.15) is 6.04 Å². The standard InChI is InChI=1S/C25H33N2/c1-17-11-14-22-23(15-17)27(20-9-7-8-10-20)24(26(22)6)21-16-19(25(3,4)5)13-12-18(21)2/h11-16,20H,7-10H2,1-6H3/q+1.